The molecule has 1 amide bonds. The lowest BCUT2D eigenvalue weighted by Crippen LogP contribution is -2.48. The van der Waals surface area contributed by atoms with E-state index >= 15 is 0 Å². The van der Waals surface area contributed by atoms with Gasteiger partial charge in [-0.3, -0.25) is 9.69 Å². The number of para-hydroxylation sites is 1. The van der Waals surface area contributed by atoms with Gasteiger partial charge in [-0.15, -0.1) is 0 Å². The summed E-state index contributed by atoms with van der Waals surface area (Å²) in [6, 6.07) is 15.9. The van der Waals surface area contributed by atoms with Crippen molar-refractivity contribution in [3.8, 4) is 11.5 Å². The van der Waals surface area contributed by atoms with Gasteiger partial charge in [-0.05, 0) is 38.1 Å². The Morgan fingerprint density at radius 3 is 2.29 bits per heavy atom. The predicted octanol–water partition coefficient (Wildman–Crippen LogP) is 3.24. The molecular weight excluding hydrogens is 354 g/mol. The summed E-state index contributed by atoms with van der Waals surface area (Å²) in [6.45, 7) is 8.96. The van der Waals surface area contributed by atoms with Gasteiger partial charge in [-0.1, -0.05) is 18.2 Å². The number of hydrogen-bond donors (Lipinski definition) is 1. The van der Waals surface area contributed by atoms with Gasteiger partial charge in [0.15, 0.2) is 11.5 Å². The maximum Gasteiger partial charge on any atom is 0.238 e. The number of nitrogens with one attached hydrogen (secondary N) is 1. The number of amides is 1. The second-order valence-electron chi connectivity index (χ2n) is 6.67. The predicted molar refractivity (Wildman–Crippen MR) is 113 cm³/mol. The molecule has 0 atom stereocenters. The van der Waals surface area contributed by atoms with E-state index in [-0.39, 0.29) is 5.91 Å². The Morgan fingerprint density at radius 1 is 0.929 bits per heavy atom. The molecule has 1 N–H and O–H groups in total. The van der Waals surface area contributed by atoms with E-state index in [1.807, 2.05) is 38.1 Å². The van der Waals surface area contributed by atoms with E-state index < -0.39 is 0 Å². The third kappa shape index (κ3) is 5.39. The summed E-state index contributed by atoms with van der Waals surface area (Å²) in [5.74, 6) is 1.33. The molecule has 1 aliphatic rings. The number of piperazine rings is 1. The summed E-state index contributed by atoms with van der Waals surface area (Å²) in [5.41, 5.74) is 1.96. The van der Waals surface area contributed by atoms with E-state index in [0.29, 0.717) is 31.3 Å². The normalized spacial score (nSPS) is 14.6. The van der Waals surface area contributed by atoms with Crippen molar-refractivity contribution in [3.63, 3.8) is 0 Å². The molecule has 2 aromatic carbocycles. The topological polar surface area (TPSA) is 54.0 Å². The van der Waals surface area contributed by atoms with Crippen LogP contribution in [0, 0.1) is 0 Å². The first kappa shape index (κ1) is 20.0. The highest BCUT2D eigenvalue weighted by Crippen LogP contribution is 2.30. The van der Waals surface area contributed by atoms with Crippen molar-refractivity contribution in [3.05, 3.63) is 48.5 Å². The van der Waals surface area contributed by atoms with Gasteiger partial charge in [0.05, 0.1) is 19.8 Å². The van der Waals surface area contributed by atoms with Crippen LogP contribution in [0.1, 0.15) is 13.8 Å². The van der Waals surface area contributed by atoms with Crippen molar-refractivity contribution in [2.45, 2.75) is 13.8 Å². The summed E-state index contributed by atoms with van der Waals surface area (Å²) in [7, 11) is 0. The number of nitrogens with zero attached hydrogens (tertiary/aromatic N) is 2. The number of hydrogen-bond acceptors (Lipinski definition) is 5. The number of anilines is 2. The molecule has 3 rings (SSSR count). The van der Waals surface area contributed by atoms with E-state index in [1.165, 1.54) is 5.69 Å². The van der Waals surface area contributed by atoms with Crippen LogP contribution >= 0.6 is 0 Å². The second-order valence-corrected chi connectivity index (χ2v) is 6.67. The third-order valence-electron chi connectivity index (χ3n) is 4.69. The lowest BCUT2D eigenvalue weighted by molar-refractivity contribution is -0.117. The van der Waals surface area contributed by atoms with Crippen molar-refractivity contribution < 1.29 is 14.3 Å². The van der Waals surface area contributed by atoms with Crippen LogP contribution in [-0.2, 0) is 4.79 Å². The quantitative estimate of drug-likeness (QED) is 0.758. The minimum absolute atomic E-state index is 0.0141. The molecule has 1 heterocycles. The molecule has 1 aliphatic heterocycles. The molecule has 0 aliphatic carbocycles. The number of rotatable bonds is 8. The minimum atomic E-state index is -0.0141. The van der Waals surface area contributed by atoms with Crippen molar-refractivity contribution in [1.82, 2.24) is 4.90 Å². The molecule has 0 saturated carbocycles. The van der Waals surface area contributed by atoms with E-state index in [2.05, 4.69) is 39.4 Å². The van der Waals surface area contributed by atoms with E-state index in [9.17, 15) is 4.79 Å². The van der Waals surface area contributed by atoms with Crippen LogP contribution in [0.15, 0.2) is 48.5 Å². The van der Waals surface area contributed by atoms with Gasteiger partial charge in [0.2, 0.25) is 5.91 Å². The molecular formula is C22H29N3O3. The van der Waals surface area contributed by atoms with E-state index in [4.69, 9.17) is 9.47 Å². The van der Waals surface area contributed by atoms with Crippen LogP contribution in [0.5, 0.6) is 11.5 Å². The van der Waals surface area contributed by atoms with Gasteiger partial charge in [-0.2, -0.15) is 0 Å². The van der Waals surface area contributed by atoms with Crippen LogP contribution in [0.4, 0.5) is 11.4 Å². The fraction of sp³-hybridized carbons (Fsp3) is 0.409. The average molecular weight is 383 g/mol. The number of carbonyl (C=O) groups excluding carboxylic acids is 1. The summed E-state index contributed by atoms with van der Waals surface area (Å²) in [4.78, 5) is 17.0. The molecule has 6 nitrogen and oxygen atoms in total. The Hall–Kier alpha value is -2.73. The SMILES string of the molecule is CCOc1ccc(NC(=O)CN2CCN(c3ccccc3)CC2)cc1OCC. The van der Waals surface area contributed by atoms with Crippen molar-refractivity contribution in [2.24, 2.45) is 0 Å². The van der Waals surface area contributed by atoms with Gasteiger partial charge < -0.3 is 19.7 Å². The zero-order chi connectivity index (χ0) is 19.8. The minimum Gasteiger partial charge on any atom is -0.490 e. The second kappa shape index (κ2) is 9.99. The molecule has 6 heteroatoms. The van der Waals surface area contributed by atoms with Crippen molar-refractivity contribution in [1.29, 1.82) is 0 Å². The summed E-state index contributed by atoms with van der Waals surface area (Å²) in [5, 5.41) is 2.97. The first-order chi connectivity index (χ1) is 13.7. The lowest BCUT2D eigenvalue weighted by Gasteiger charge is -2.35. The highest BCUT2D eigenvalue weighted by atomic mass is 16.5. The zero-order valence-electron chi connectivity index (χ0n) is 16.7. The molecule has 150 valence electrons. The maximum absolute atomic E-state index is 12.5. The highest BCUT2D eigenvalue weighted by Gasteiger charge is 2.19. The monoisotopic (exact) mass is 383 g/mol. The lowest BCUT2D eigenvalue weighted by atomic mass is 10.2. The Bertz CT molecular complexity index is 759. The van der Waals surface area contributed by atoms with Crippen LogP contribution in [0.2, 0.25) is 0 Å². The van der Waals surface area contributed by atoms with Gasteiger partial charge in [0.25, 0.3) is 0 Å². The Morgan fingerprint density at radius 2 is 1.61 bits per heavy atom. The largest absolute Gasteiger partial charge is 0.490 e. The van der Waals surface area contributed by atoms with Gasteiger partial charge >= 0.3 is 0 Å². The molecule has 0 unspecified atom stereocenters. The Balaban J connectivity index is 1.51. The fourth-order valence-corrected chi connectivity index (χ4v) is 3.34. The summed E-state index contributed by atoms with van der Waals surface area (Å²) in [6.07, 6.45) is 0. The van der Waals surface area contributed by atoms with Gasteiger partial charge in [-0.25, -0.2) is 0 Å². The van der Waals surface area contributed by atoms with Crippen LogP contribution in [0.25, 0.3) is 0 Å². The van der Waals surface area contributed by atoms with E-state index in [1.54, 1.807) is 0 Å². The average Bonchev–Trinajstić information content (AvgIpc) is 2.71. The first-order valence-corrected chi connectivity index (χ1v) is 9.91. The molecule has 0 spiro atoms. The number of benzene rings is 2. The van der Waals surface area contributed by atoms with Gasteiger partial charge in [0, 0.05) is 43.6 Å². The standard InChI is InChI=1S/C22H29N3O3/c1-3-27-20-11-10-18(16-21(20)28-4-2)23-22(26)17-24-12-14-25(15-13-24)19-8-6-5-7-9-19/h5-11,16H,3-4,12-15,17H2,1-2H3,(H,23,26). The molecule has 1 fully saturated rings. The van der Waals surface area contributed by atoms with Gasteiger partial charge in [0.1, 0.15) is 0 Å². The maximum atomic E-state index is 12.5. The van der Waals surface area contributed by atoms with Crippen LogP contribution in [0.3, 0.4) is 0 Å². The number of carbonyl (C=O) groups is 1. The van der Waals surface area contributed by atoms with Crippen LogP contribution < -0.4 is 19.7 Å². The Labute approximate surface area is 167 Å². The van der Waals surface area contributed by atoms with E-state index in [0.717, 1.165) is 31.9 Å². The zero-order valence-corrected chi connectivity index (χ0v) is 16.7. The fourth-order valence-electron chi connectivity index (χ4n) is 3.34. The molecule has 1 saturated heterocycles. The smallest absolute Gasteiger partial charge is 0.238 e. The third-order valence-corrected chi connectivity index (χ3v) is 4.69. The van der Waals surface area contributed by atoms with Crippen LogP contribution in [-0.4, -0.2) is 56.7 Å². The highest BCUT2D eigenvalue weighted by molar-refractivity contribution is 5.92. The molecule has 0 bridgehead atoms. The number of ether oxygens (including phenoxy) is 2. The molecule has 28 heavy (non-hydrogen) atoms. The van der Waals surface area contributed by atoms with Crippen molar-refractivity contribution >= 4 is 17.3 Å². The molecule has 2 aromatic rings. The van der Waals surface area contributed by atoms with Crippen molar-refractivity contribution in [2.75, 3.05) is 56.2 Å². The molecule has 0 radical (unpaired) electrons. The molecule has 0 aromatic heterocycles. The summed E-state index contributed by atoms with van der Waals surface area (Å²) < 4.78 is 11.2. The Kier molecular flexibility index (Phi) is 7.14. The summed E-state index contributed by atoms with van der Waals surface area (Å²) >= 11 is 0. The first-order valence-electron chi connectivity index (χ1n) is 9.91.